The Labute approximate surface area is 111 Å². The van der Waals surface area contributed by atoms with E-state index < -0.39 is 0 Å². The summed E-state index contributed by atoms with van der Waals surface area (Å²) in [7, 11) is 0. The van der Waals surface area contributed by atoms with Crippen molar-refractivity contribution in [3.05, 3.63) is 34.3 Å². The predicted octanol–water partition coefficient (Wildman–Crippen LogP) is 2.39. The average molecular weight is 299 g/mol. The second kappa shape index (κ2) is 6.50. The first-order chi connectivity index (χ1) is 8.29. The summed E-state index contributed by atoms with van der Waals surface area (Å²) in [4.78, 5) is 0. The Bertz CT molecular complexity index is 353. The second-order valence-electron chi connectivity index (χ2n) is 4.53. The topological polar surface area (TPSA) is 47.3 Å². The highest BCUT2D eigenvalue weighted by atomic mass is 79.9. The van der Waals surface area contributed by atoms with Gasteiger partial charge in [-0.15, -0.1) is 0 Å². The van der Waals surface area contributed by atoms with E-state index in [0.29, 0.717) is 6.10 Å². The normalized spacial score (nSPS) is 21.6. The molecule has 0 saturated carbocycles. The number of ether oxygens (including phenoxy) is 1. The zero-order chi connectivity index (χ0) is 12.1. The summed E-state index contributed by atoms with van der Waals surface area (Å²) in [6, 6.07) is 8.55. The van der Waals surface area contributed by atoms with Gasteiger partial charge in [0.05, 0.1) is 6.10 Å². The maximum atomic E-state index is 5.65. The molecule has 1 heterocycles. The predicted molar refractivity (Wildman–Crippen MR) is 72.5 cm³/mol. The standard InChI is InChI=1S/C13H19BrN2O/c14-13-6-2-1-4-10(13)8-11(16-15)9-12-5-3-7-17-12/h1-2,4,6,11-12,16H,3,5,7-9,15H2. The second-order valence-corrected chi connectivity index (χ2v) is 5.38. The van der Waals surface area contributed by atoms with Crippen molar-refractivity contribution >= 4 is 15.9 Å². The molecule has 1 aromatic rings. The van der Waals surface area contributed by atoms with Gasteiger partial charge in [-0.1, -0.05) is 34.1 Å². The highest BCUT2D eigenvalue weighted by Crippen LogP contribution is 2.21. The molecular weight excluding hydrogens is 280 g/mol. The Balaban J connectivity index is 1.92. The first kappa shape index (κ1) is 13.0. The molecule has 17 heavy (non-hydrogen) atoms. The van der Waals surface area contributed by atoms with E-state index in [1.807, 2.05) is 6.07 Å². The number of halogens is 1. The van der Waals surface area contributed by atoms with Gasteiger partial charge in [-0.2, -0.15) is 0 Å². The quantitative estimate of drug-likeness (QED) is 0.648. The lowest BCUT2D eigenvalue weighted by molar-refractivity contribution is 0.0946. The van der Waals surface area contributed by atoms with Gasteiger partial charge in [0.25, 0.3) is 0 Å². The summed E-state index contributed by atoms with van der Waals surface area (Å²) in [6.07, 6.45) is 4.62. The molecule has 1 saturated heterocycles. The van der Waals surface area contributed by atoms with Crippen molar-refractivity contribution in [3.63, 3.8) is 0 Å². The van der Waals surface area contributed by atoms with E-state index in [4.69, 9.17) is 10.6 Å². The molecular formula is C13H19BrN2O. The SMILES string of the molecule is NNC(Cc1ccccc1Br)CC1CCCO1. The molecule has 3 nitrogen and oxygen atoms in total. The number of hydrazine groups is 1. The van der Waals surface area contributed by atoms with Crippen LogP contribution in [0.15, 0.2) is 28.7 Å². The van der Waals surface area contributed by atoms with E-state index in [1.165, 1.54) is 12.0 Å². The number of benzene rings is 1. The monoisotopic (exact) mass is 298 g/mol. The van der Waals surface area contributed by atoms with Gasteiger partial charge in [0.15, 0.2) is 0 Å². The highest BCUT2D eigenvalue weighted by molar-refractivity contribution is 9.10. The van der Waals surface area contributed by atoms with Crippen LogP contribution in [0.4, 0.5) is 0 Å². The molecule has 0 radical (unpaired) electrons. The van der Waals surface area contributed by atoms with Gasteiger partial charge in [-0.05, 0) is 37.3 Å². The van der Waals surface area contributed by atoms with Gasteiger partial charge in [0.1, 0.15) is 0 Å². The number of rotatable bonds is 5. The number of hydrogen-bond donors (Lipinski definition) is 2. The molecule has 94 valence electrons. The van der Waals surface area contributed by atoms with Crippen molar-refractivity contribution < 1.29 is 4.74 Å². The molecule has 0 aromatic heterocycles. The van der Waals surface area contributed by atoms with Crippen LogP contribution in [0.3, 0.4) is 0 Å². The fraction of sp³-hybridized carbons (Fsp3) is 0.538. The molecule has 0 aliphatic carbocycles. The van der Waals surface area contributed by atoms with E-state index in [2.05, 4.69) is 39.6 Å². The highest BCUT2D eigenvalue weighted by Gasteiger charge is 2.20. The van der Waals surface area contributed by atoms with Gasteiger partial charge in [0.2, 0.25) is 0 Å². The molecule has 0 bridgehead atoms. The minimum absolute atomic E-state index is 0.275. The lowest BCUT2D eigenvalue weighted by Crippen LogP contribution is -2.39. The average Bonchev–Trinajstić information content (AvgIpc) is 2.84. The molecule has 4 heteroatoms. The van der Waals surface area contributed by atoms with Crippen LogP contribution >= 0.6 is 15.9 Å². The molecule has 2 atom stereocenters. The van der Waals surface area contributed by atoms with Crippen molar-refractivity contribution in [2.24, 2.45) is 5.84 Å². The molecule has 0 amide bonds. The van der Waals surface area contributed by atoms with Gasteiger partial charge >= 0.3 is 0 Å². The summed E-state index contributed by atoms with van der Waals surface area (Å²) in [5.41, 5.74) is 4.19. The fourth-order valence-corrected chi connectivity index (χ4v) is 2.73. The summed E-state index contributed by atoms with van der Waals surface area (Å²) >= 11 is 3.57. The smallest absolute Gasteiger partial charge is 0.0591 e. The van der Waals surface area contributed by atoms with Crippen LogP contribution in [0.5, 0.6) is 0 Å². The number of nitrogens with one attached hydrogen (secondary N) is 1. The maximum absolute atomic E-state index is 5.65. The molecule has 2 rings (SSSR count). The van der Waals surface area contributed by atoms with E-state index in [0.717, 1.165) is 30.3 Å². The third-order valence-electron chi connectivity index (χ3n) is 3.23. The molecule has 1 aliphatic rings. The van der Waals surface area contributed by atoms with Crippen LogP contribution in [0.25, 0.3) is 0 Å². The Hall–Kier alpha value is -0.420. The van der Waals surface area contributed by atoms with Gasteiger partial charge in [0, 0.05) is 17.1 Å². The molecule has 2 unspecified atom stereocenters. The van der Waals surface area contributed by atoms with Crippen molar-refractivity contribution in [2.75, 3.05) is 6.61 Å². The Morgan fingerprint density at radius 1 is 1.47 bits per heavy atom. The molecule has 1 aliphatic heterocycles. The minimum atomic E-state index is 0.275. The Morgan fingerprint density at radius 2 is 2.29 bits per heavy atom. The van der Waals surface area contributed by atoms with Crippen LogP contribution in [0, 0.1) is 0 Å². The van der Waals surface area contributed by atoms with Crippen LogP contribution in [-0.2, 0) is 11.2 Å². The summed E-state index contributed by atoms with van der Waals surface area (Å²) in [5, 5.41) is 0. The summed E-state index contributed by atoms with van der Waals surface area (Å²) < 4.78 is 6.79. The third-order valence-corrected chi connectivity index (χ3v) is 4.00. The van der Waals surface area contributed by atoms with Crippen molar-refractivity contribution in [2.45, 2.75) is 37.8 Å². The number of nitrogens with two attached hydrogens (primary N) is 1. The fourth-order valence-electron chi connectivity index (χ4n) is 2.29. The summed E-state index contributed by atoms with van der Waals surface area (Å²) in [5.74, 6) is 5.63. The van der Waals surface area contributed by atoms with E-state index >= 15 is 0 Å². The lowest BCUT2D eigenvalue weighted by Gasteiger charge is -2.20. The Morgan fingerprint density at radius 3 is 2.94 bits per heavy atom. The van der Waals surface area contributed by atoms with Crippen molar-refractivity contribution in [1.29, 1.82) is 0 Å². The first-order valence-electron chi connectivity index (χ1n) is 6.10. The molecule has 1 fully saturated rings. The van der Waals surface area contributed by atoms with Crippen molar-refractivity contribution in [1.82, 2.24) is 5.43 Å². The molecule has 1 aromatic carbocycles. The third kappa shape index (κ3) is 3.78. The maximum Gasteiger partial charge on any atom is 0.0591 e. The largest absolute Gasteiger partial charge is 0.378 e. The first-order valence-corrected chi connectivity index (χ1v) is 6.90. The van der Waals surface area contributed by atoms with Crippen LogP contribution in [0.1, 0.15) is 24.8 Å². The van der Waals surface area contributed by atoms with Crippen molar-refractivity contribution in [3.8, 4) is 0 Å². The van der Waals surface area contributed by atoms with Gasteiger partial charge < -0.3 is 4.74 Å². The van der Waals surface area contributed by atoms with E-state index in [-0.39, 0.29) is 6.04 Å². The number of hydrogen-bond acceptors (Lipinski definition) is 3. The van der Waals surface area contributed by atoms with Gasteiger partial charge in [-0.25, -0.2) is 0 Å². The van der Waals surface area contributed by atoms with E-state index in [9.17, 15) is 0 Å². The lowest BCUT2D eigenvalue weighted by atomic mass is 10.00. The van der Waals surface area contributed by atoms with Crippen LogP contribution in [0.2, 0.25) is 0 Å². The van der Waals surface area contributed by atoms with Crippen LogP contribution in [-0.4, -0.2) is 18.8 Å². The molecule has 0 spiro atoms. The molecule has 3 N–H and O–H groups in total. The van der Waals surface area contributed by atoms with Crippen LogP contribution < -0.4 is 11.3 Å². The van der Waals surface area contributed by atoms with Gasteiger partial charge in [-0.3, -0.25) is 11.3 Å². The minimum Gasteiger partial charge on any atom is -0.378 e. The Kier molecular flexibility index (Phi) is 4.98. The zero-order valence-electron chi connectivity index (χ0n) is 9.86. The summed E-state index contributed by atoms with van der Waals surface area (Å²) in [6.45, 7) is 0.900. The van der Waals surface area contributed by atoms with E-state index in [1.54, 1.807) is 0 Å². The zero-order valence-corrected chi connectivity index (χ0v) is 11.4.